The first kappa shape index (κ1) is 18.9. The van der Waals surface area contributed by atoms with Crippen LogP contribution in [0.15, 0.2) is 12.2 Å². The molecular weight excluding hydrogens is 348 g/mol. The number of hydrogen-bond acceptors (Lipinski definition) is 6. The van der Waals surface area contributed by atoms with Gasteiger partial charge in [-0.05, 0) is 51.0 Å². The Morgan fingerprint density at radius 1 is 1.41 bits per heavy atom. The molecule has 2 saturated heterocycles. The quantitative estimate of drug-likeness (QED) is 0.600. The van der Waals surface area contributed by atoms with Gasteiger partial charge in [0.2, 0.25) is 5.79 Å². The fourth-order valence-electron chi connectivity index (χ4n) is 5.37. The first-order valence-corrected chi connectivity index (χ1v) is 9.95. The summed E-state index contributed by atoms with van der Waals surface area (Å²) in [6.45, 7) is 11.7. The summed E-state index contributed by atoms with van der Waals surface area (Å²) >= 11 is 0. The average Bonchev–Trinajstić information content (AvgIpc) is 3.10. The van der Waals surface area contributed by atoms with E-state index in [1.807, 2.05) is 6.92 Å². The van der Waals surface area contributed by atoms with Crippen molar-refractivity contribution in [2.45, 2.75) is 71.4 Å². The predicted molar refractivity (Wildman–Crippen MR) is 96.3 cm³/mol. The van der Waals surface area contributed by atoms with Gasteiger partial charge in [-0.3, -0.25) is 9.59 Å². The normalized spacial score (nSPS) is 44.3. The topological polar surface area (TPSA) is 82.1 Å². The van der Waals surface area contributed by atoms with Crippen molar-refractivity contribution in [3.05, 3.63) is 12.2 Å². The molecule has 0 aromatic rings. The number of carbonyl (C=O) groups is 2. The summed E-state index contributed by atoms with van der Waals surface area (Å²) in [5.74, 6) is -0.878. The molecule has 2 heterocycles. The summed E-state index contributed by atoms with van der Waals surface area (Å²) in [5.41, 5.74) is -0.0661. The molecule has 5 fully saturated rings. The first-order chi connectivity index (χ1) is 12.5. The molecule has 0 radical (unpaired) electrons. The molecule has 6 heteroatoms. The van der Waals surface area contributed by atoms with Crippen molar-refractivity contribution in [3.8, 4) is 0 Å². The molecule has 0 amide bonds. The molecule has 150 valence electrons. The standard InChI is InChI=1S/C21H30O6/c1-11-8-21(27-17(11)23)9-20(10-25-21)14-6-15(20)12(2)16(7-14)26-18(24)19(4,5)13(3)22/h11,13-16,22H,2,6-10H2,1,3-5H3/t11-,13?,14-,15+,16-,20?,21+/m0/s1. The Bertz CT molecular complexity index is 697. The molecule has 2 bridgehead atoms. The summed E-state index contributed by atoms with van der Waals surface area (Å²) in [6, 6.07) is 0. The maximum absolute atomic E-state index is 12.5. The smallest absolute Gasteiger partial charge is 0.314 e. The monoisotopic (exact) mass is 378 g/mol. The van der Waals surface area contributed by atoms with Crippen LogP contribution in [0.3, 0.4) is 0 Å². The minimum atomic E-state index is -0.950. The molecule has 3 saturated carbocycles. The molecule has 2 unspecified atom stereocenters. The summed E-state index contributed by atoms with van der Waals surface area (Å²) in [7, 11) is 0. The van der Waals surface area contributed by atoms with Crippen molar-refractivity contribution in [1.29, 1.82) is 0 Å². The van der Waals surface area contributed by atoms with Crippen LogP contribution < -0.4 is 0 Å². The number of aliphatic hydroxyl groups is 1. The lowest BCUT2D eigenvalue weighted by Crippen LogP contribution is -2.58. The number of fused-ring (bicyclic) bond motifs is 2. The highest BCUT2D eigenvalue weighted by atomic mass is 16.7. The van der Waals surface area contributed by atoms with E-state index in [0.717, 1.165) is 18.4 Å². The van der Waals surface area contributed by atoms with Crippen LogP contribution in [0.5, 0.6) is 0 Å². The van der Waals surface area contributed by atoms with Gasteiger partial charge in [0.1, 0.15) is 6.10 Å². The van der Waals surface area contributed by atoms with Crippen molar-refractivity contribution in [3.63, 3.8) is 0 Å². The van der Waals surface area contributed by atoms with E-state index in [1.165, 1.54) is 0 Å². The van der Waals surface area contributed by atoms with Gasteiger partial charge in [0.05, 0.1) is 24.0 Å². The lowest BCUT2D eigenvalue weighted by atomic mass is 9.44. The Morgan fingerprint density at radius 3 is 2.67 bits per heavy atom. The third-order valence-electron chi connectivity index (χ3n) is 7.72. The third-order valence-corrected chi connectivity index (χ3v) is 7.72. The van der Waals surface area contributed by atoms with Gasteiger partial charge in [0.25, 0.3) is 0 Å². The van der Waals surface area contributed by atoms with E-state index in [2.05, 4.69) is 6.58 Å². The van der Waals surface area contributed by atoms with Crippen molar-refractivity contribution in [1.82, 2.24) is 0 Å². The molecule has 6 nitrogen and oxygen atoms in total. The Balaban J connectivity index is 1.46. The highest BCUT2D eigenvalue weighted by molar-refractivity contribution is 5.77. The van der Waals surface area contributed by atoms with E-state index in [0.29, 0.717) is 25.4 Å². The molecule has 0 aromatic carbocycles. The highest BCUT2D eigenvalue weighted by Gasteiger charge is 2.69. The largest absolute Gasteiger partial charge is 0.457 e. The minimum absolute atomic E-state index is 0.0515. The maximum Gasteiger partial charge on any atom is 0.314 e. The molecule has 1 N–H and O–H groups in total. The highest BCUT2D eigenvalue weighted by Crippen LogP contribution is 2.68. The molecular formula is C21H30O6. The molecule has 5 rings (SSSR count). The van der Waals surface area contributed by atoms with Crippen molar-refractivity contribution < 1.29 is 28.9 Å². The van der Waals surface area contributed by atoms with Gasteiger partial charge in [-0.25, -0.2) is 0 Å². The van der Waals surface area contributed by atoms with Gasteiger partial charge < -0.3 is 19.3 Å². The number of esters is 2. The molecule has 7 atom stereocenters. The second kappa shape index (κ2) is 5.80. The van der Waals surface area contributed by atoms with Gasteiger partial charge in [0.15, 0.2) is 0 Å². The second-order valence-corrected chi connectivity index (χ2v) is 9.72. The van der Waals surface area contributed by atoms with E-state index in [1.54, 1.807) is 20.8 Å². The number of rotatable bonds is 3. The third kappa shape index (κ3) is 2.59. The molecule has 27 heavy (non-hydrogen) atoms. The van der Waals surface area contributed by atoms with Crippen LogP contribution in [0.1, 0.15) is 53.4 Å². The molecule has 2 spiro atoms. The van der Waals surface area contributed by atoms with Crippen molar-refractivity contribution in [2.75, 3.05) is 6.61 Å². The van der Waals surface area contributed by atoms with E-state index < -0.39 is 23.3 Å². The number of ether oxygens (including phenoxy) is 3. The lowest BCUT2D eigenvalue weighted by molar-refractivity contribution is -0.192. The van der Waals surface area contributed by atoms with Crippen LogP contribution in [-0.2, 0) is 23.8 Å². The Labute approximate surface area is 160 Å². The SMILES string of the molecule is C=C1[C@@H](OC(=O)C(C)(C)C(C)O)C[C@@H]2C[C@H]1C21CO[C@@]2(C[C@H](C)C(=O)O2)C1. The fourth-order valence-corrected chi connectivity index (χ4v) is 5.37. The zero-order valence-corrected chi connectivity index (χ0v) is 16.6. The van der Waals surface area contributed by atoms with E-state index >= 15 is 0 Å². The minimum Gasteiger partial charge on any atom is -0.457 e. The molecule has 0 aromatic heterocycles. The van der Waals surface area contributed by atoms with Crippen LogP contribution in [0.2, 0.25) is 0 Å². The Morgan fingerprint density at radius 2 is 2.11 bits per heavy atom. The maximum atomic E-state index is 12.5. The van der Waals surface area contributed by atoms with Crippen LogP contribution in [0.4, 0.5) is 0 Å². The van der Waals surface area contributed by atoms with Gasteiger partial charge in [-0.1, -0.05) is 13.5 Å². The molecule has 2 aliphatic heterocycles. The first-order valence-electron chi connectivity index (χ1n) is 9.95. The van der Waals surface area contributed by atoms with Crippen LogP contribution in [-0.4, -0.2) is 41.6 Å². The molecule has 3 aliphatic carbocycles. The number of aliphatic hydroxyl groups excluding tert-OH is 1. The summed E-state index contributed by atoms with van der Waals surface area (Å²) < 4.78 is 17.4. The number of hydrogen-bond donors (Lipinski definition) is 1. The number of carbonyl (C=O) groups excluding carboxylic acids is 2. The van der Waals surface area contributed by atoms with Crippen molar-refractivity contribution >= 4 is 11.9 Å². The van der Waals surface area contributed by atoms with E-state index in [9.17, 15) is 14.7 Å². The van der Waals surface area contributed by atoms with Crippen LogP contribution in [0.25, 0.3) is 0 Å². The second-order valence-electron chi connectivity index (χ2n) is 9.72. The molecule has 5 aliphatic rings. The van der Waals surface area contributed by atoms with Crippen LogP contribution >= 0.6 is 0 Å². The summed E-state index contributed by atoms with van der Waals surface area (Å²) in [6.07, 6.45) is 1.97. The van der Waals surface area contributed by atoms with Gasteiger partial charge >= 0.3 is 11.9 Å². The zero-order chi connectivity index (χ0) is 19.8. The van der Waals surface area contributed by atoms with Crippen LogP contribution in [0, 0.1) is 28.6 Å². The van der Waals surface area contributed by atoms with E-state index in [-0.39, 0.29) is 29.3 Å². The van der Waals surface area contributed by atoms with Gasteiger partial charge in [-0.15, -0.1) is 0 Å². The Hall–Kier alpha value is -1.40. The fraction of sp³-hybridized carbons (Fsp3) is 0.810. The predicted octanol–water partition coefficient (Wildman–Crippen LogP) is 2.59. The van der Waals surface area contributed by atoms with Gasteiger partial charge in [0, 0.05) is 18.3 Å². The van der Waals surface area contributed by atoms with Crippen molar-refractivity contribution in [2.24, 2.45) is 28.6 Å². The lowest BCUT2D eigenvalue weighted by Gasteiger charge is -2.60. The Kier molecular flexibility index (Phi) is 4.07. The summed E-state index contributed by atoms with van der Waals surface area (Å²) in [5, 5.41) is 9.85. The van der Waals surface area contributed by atoms with E-state index in [4.69, 9.17) is 14.2 Å². The average molecular weight is 378 g/mol. The summed E-state index contributed by atoms with van der Waals surface area (Å²) in [4.78, 5) is 24.4. The van der Waals surface area contributed by atoms with Gasteiger partial charge in [-0.2, -0.15) is 0 Å². The zero-order valence-electron chi connectivity index (χ0n) is 16.6.